The molecule has 1 aromatic heterocycles. The van der Waals surface area contributed by atoms with Gasteiger partial charge in [-0.3, -0.25) is 15.2 Å². The molecule has 4 rings (SSSR count). The predicted molar refractivity (Wildman–Crippen MR) is 171 cm³/mol. The van der Waals surface area contributed by atoms with Gasteiger partial charge in [0.1, 0.15) is 5.84 Å². The molecule has 2 aromatic carbocycles. The zero-order valence-corrected chi connectivity index (χ0v) is 24.8. The number of amidine groups is 1. The number of nitrogens with zero attached hydrogens (tertiary/aromatic N) is 3. The number of nitrogens with two attached hydrogens (primary N) is 2. The standard InChI is InChI=1S/C27H28N8O2.C5H9N/c1-16(29)23(13-24(31)32)34-22-9-8-19(14-28)25(26(22)37-3)17-4-6-18(7-5-17)27(36)35(2)15-21-12-20(30)10-11-33-21;1-6-4-5-2-3-5/h4-13,29,34H,15H2,1-3H3,(H2,30,33)(H3,31,32);4,6H,2-3H2,1H3/b23-13+,29-16?;. The number of amides is 1. The van der Waals surface area contributed by atoms with Crippen LogP contribution in [-0.4, -0.2) is 48.5 Å². The number of methoxy groups -OCH3 is 1. The van der Waals surface area contributed by atoms with Crippen molar-refractivity contribution in [1.29, 1.82) is 16.1 Å². The average Bonchev–Trinajstić information content (AvgIpc) is 3.80. The highest BCUT2D eigenvalue weighted by molar-refractivity contribution is 6.05. The zero-order chi connectivity index (χ0) is 31.5. The Morgan fingerprint density at radius 3 is 2.40 bits per heavy atom. The highest BCUT2D eigenvalue weighted by atomic mass is 16.5. The Kier molecular flexibility index (Phi) is 11.0. The molecule has 0 saturated heterocycles. The maximum absolute atomic E-state index is 13.0. The molecule has 11 nitrogen and oxygen atoms in total. The second kappa shape index (κ2) is 14.8. The Balaban J connectivity index is 0.000000749. The molecule has 222 valence electrons. The van der Waals surface area contributed by atoms with E-state index in [1.165, 1.54) is 26.0 Å². The van der Waals surface area contributed by atoms with Crippen molar-refractivity contribution < 1.29 is 9.53 Å². The molecular formula is C32H37N9O2. The fraction of sp³-hybridized carbons (Fsp3) is 0.219. The van der Waals surface area contributed by atoms with Crippen molar-refractivity contribution in [3.05, 3.63) is 95.1 Å². The van der Waals surface area contributed by atoms with Crippen LogP contribution in [0.5, 0.6) is 5.75 Å². The lowest BCUT2D eigenvalue weighted by Gasteiger charge is -2.19. The molecule has 11 heteroatoms. The van der Waals surface area contributed by atoms with Crippen LogP contribution in [0.1, 0.15) is 41.4 Å². The highest BCUT2D eigenvalue weighted by Gasteiger charge is 2.19. The van der Waals surface area contributed by atoms with E-state index in [1.807, 2.05) is 7.05 Å². The fourth-order valence-corrected chi connectivity index (χ4v) is 4.13. The number of anilines is 2. The fourth-order valence-electron chi connectivity index (χ4n) is 4.13. The number of carbonyl (C=O) groups excluding carboxylic acids is 1. The summed E-state index contributed by atoms with van der Waals surface area (Å²) in [5.41, 5.74) is 17.1. The van der Waals surface area contributed by atoms with Crippen molar-refractivity contribution in [3.63, 3.8) is 0 Å². The SMILES string of the molecule is CNC=C1CC1.COc1c(N/C(=C/C(=N)N)C(C)=N)ccc(C#N)c1-c1ccc(C(=O)N(C)Cc2cc(N)ccn2)cc1. The Morgan fingerprint density at radius 2 is 1.88 bits per heavy atom. The third-order valence-electron chi connectivity index (χ3n) is 6.35. The van der Waals surface area contributed by atoms with Crippen LogP contribution in [-0.2, 0) is 6.54 Å². The first-order valence-corrected chi connectivity index (χ1v) is 13.5. The van der Waals surface area contributed by atoms with E-state index in [-0.39, 0.29) is 17.5 Å². The number of benzene rings is 2. The summed E-state index contributed by atoms with van der Waals surface area (Å²) in [7, 11) is 5.10. The van der Waals surface area contributed by atoms with Crippen molar-refractivity contribution in [2.24, 2.45) is 5.73 Å². The number of ether oxygens (including phenoxy) is 1. The van der Waals surface area contributed by atoms with E-state index in [2.05, 4.69) is 27.9 Å². The normalized spacial score (nSPS) is 11.7. The molecule has 1 aliphatic rings. The van der Waals surface area contributed by atoms with Gasteiger partial charge in [-0.05, 0) is 67.9 Å². The van der Waals surface area contributed by atoms with Gasteiger partial charge in [0, 0.05) is 43.2 Å². The molecule has 3 aromatic rings. The molecule has 0 aliphatic heterocycles. The van der Waals surface area contributed by atoms with Crippen LogP contribution in [0.15, 0.2) is 78.3 Å². The molecule has 0 spiro atoms. The van der Waals surface area contributed by atoms with Crippen LogP contribution >= 0.6 is 0 Å². The zero-order valence-electron chi connectivity index (χ0n) is 24.8. The maximum Gasteiger partial charge on any atom is 0.253 e. The minimum absolute atomic E-state index is 0.170. The Hall–Kier alpha value is -5.63. The number of rotatable bonds is 10. The number of allylic oxidation sites excluding steroid dienone is 2. The van der Waals surface area contributed by atoms with Crippen LogP contribution in [0, 0.1) is 22.1 Å². The monoisotopic (exact) mass is 579 g/mol. The number of pyridine rings is 1. The molecule has 0 atom stereocenters. The molecule has 0 radical (unpaired) electrons. The van der Waals surface area contributed by atoms with Gasteiger partial charge in [0.05, 0.1) is 48.1 Å². The lowest BCUT2D eigenvalue weighted by Crippen LogP contribution is -2.26. The van der Waals surface area contributed by atoms with E-state index >= 15 is 0 Å². The number of carbonyl (C=O) groups is 1. The largest absolute Gasteiger partial charge is 0.494 e. The third kappa shape index (κ3) is 8.93. The molecule has 1 aliphatic carbocycles. The summed E-state index contributed by atoms with van der Waals surface area (Å²) >= 11 is 0. The quantitative estimate of drug-likeness (QED) is 0.148. The smallest absolute Gasteiger partial charge is 0.253 e. The molecule has 1 amide bonds. The summed E-state index contributed by atoms with van der Waals surface area (Å²) in [5.74, 6) is -0.0310. The van der Waals surface area contributed by atoms with Crippen molar-refractivity contribution in [3.8, 4) is 22.9 Å². The average molecular weight is 580 g/mol. The summed E-state index contributed by atoms with van der Waals surface area (Å²) in [5, 5.41) is 31.3. The van der Waals surface area contributed by atoms with Gasteiger partial charge in [-0.1, -0.05) is 17.7 Å². The molecule has 0 unspecified atom stereocenters. The number of nitriles is 1. The Morgan fingerprint density at radius 1 is 1.19 bits per heavy atom. The second-order valence-electron chi connectivity index (χ2n) is 9.85. The maximum atomic E-state index is 13.0. The summed E-state index contributed by atoms with van der Waals surface area (Å²) in [4.78, 5) is 18.8. The van der Waals surface area contributed by atoms with Crippen LogP contribution < -0.4 is 26.8 Å². The highest BCUT2D eigenvalue weighted by Crippen LogP contribution is 2.40. The van der Waals surface area contributed by atoms with E-state index in [9.17, 15) is 10.1 Å². The van der Waals surface area contributed by atoms with Gasteiger partial charge in [0.15, 0.2) is 5.75 Å². The van der Waals surface area contributed by atoms with Gasteiger partial charge in [-0.15, -0.1) is 0 Å². The minimum Gasteiger partial charge on any atom is -0.494 e. The summed E-state index contributed by atoms with van der Waals surface area (Å²) < 4.78 is 5.66. The first-order chi connectivity index (χ1) is 20.6. The van der Waals surface area contributed by atoms with E-state index in [1.54, 1.807) is 79.2 Å². The topological polar surface area (TPSA) is 190 Å². The molecule has 43 heavy (non-hydrogen) atoms. The van der Waals surface area contributed by atoms with Gasteiger partial charge in [0.2, 0.25) is 0 Å². The van der Waals surface area contributed by atoms with Gasteiger partial charge in [-0.25, -0.2) is 0 Å². The summed E-state index contributed by atoms with van der Waals surface area (Å²) in [6.07, 6.45) is 7.64. The van der Waals surface area contributed by atoms with Crippen molar-refractivity contribution >= 4 is 28.8 Å². The molecule has 0 bridgehead atoms. The minimum atomic E-state index is -0.210. The van der Waals surface area contributed by atoms with Gasteiger partial charge in [0.25, 0.3) is 5.91 Å². The first-order valence-electron chi connectivity index (χ1n) is 13.5. The van der Waals surface area contributed by atoms with Crippen molar-refractivity contribution in [1.82, 2.24) is 15.2 Å². The van der Waals surface area contributed by atoms with E-state index in [4.69, 9.17) is 27.0 Å². The summed E-state index contributed by atoms with van der Waals surface area (Å²) in [6, 6.07) is 15.7. The van der Waals surface area contributed by atoms with E-state index < -0.39 is 0 Å². The second-order valence-corrected chi connectivity index (χ2v) is 9.85. The Bertz CT molecular complexity index is 1600. The molecule has 1 heterocycles. The van der Waals surface area contributed by atoms with Crippen molar-refractivity contribution in [2.45, 2.75) is 26.3 Å². The molecular weight excluding hydrogens is 542 g/mol. The predicted octanol–water partition coefficient (Wildman–Crippen LogP) is 4.64. The summed E-state index contributed by atoms with van der Waals surface area (Å²) in [6.45, 7) is 1.86. The van der Waals surface area contributed by atoms with Crippen LogP contribution in [0.3, 0.4) is 0 Å². The molecule has 8 N–H and O–H groups in total. The first kappa shape index (κ1) is 31.9. The van der Waals surface area contributed by atoms with Crippen LogP contribution in [0.2, 0.25) is 0 Å². The molecule has 1 fully saturated rings. The van der Waals surface area contributed by atoms with E-state index in [0.29, 0.717) is 57.3 Å². The Labute approximate surface area is 251 Å². The number of hydrogen-bond donors (Lipinski definition) is 6. The van der Waals surface area contributed by atoms with E-state index in [0.717, 1.165) is 0 Å². The molecule has 1 saturated carbocycles. The third-order valence-corrected chi connectivity index (χ3v) is 6.35. The lowest BCUT2D eigenvalue weighted by molar-refractivity contribution is 0.0783. The number of nitrogen functional groups attached to an aromatic ring is 1. The number of aromatic nitrogens is 1. The van der Waals surface area contributed by atoms with Gasteiger partial charge in [-0.2, -0.15) is 5.26 Å². The van der Waals surface area contributed by atoms with Crippen LogP contribution in [0.25, 0.3) is 11.1 Å². The van der Waals surface area contributed by atoms with Gasteiger partial charge < -0.3 is 37.1 Å². The van der Waals surface area contributed by atoms with Crippen LogP contribution in [0.4, 0.5) is 11.4 Å². The van der Waals surface area contributed by atoms with Crippen molar-refractivity contribution in [2.75, 3.05) is 32.3 Å². The van der Waals surface area contributed by atoms with Gasteiger partial charge >= 0.3 is 0 Å². The lowest BCUT2D eigenvalue weighted by atomic mass is 9.96. The number of hydrogen-bond acceptors (Lipinski definition) is 9. The number of nitrogens with one attached hydrogen (secondary N) is 4.